The first-order valence-corrected chi connectivity index (χ1v) is 24.5. The Morgan fingerprint density at radius 3 is 1.54 bits per heavy atom. The van der Waals surface area contributed by atoms with Gasteiger partial charge in [0.2, 0.25) is 5.91 Å². The van der Waals surface area contributed by atoms with Crippen LogP contribution in [-0.2, 0) is 27.9 Å². The summed E-state index contributed by atoms with van der Waals surface area (Å²) in [6.45, 7) is 3.43. The van der Waals surface area contributed by atoms with Gasteiger partial charge in [-0.25, -0.2) is 4.57 Å². The second-order valence-electron chi connectivity index (χ2n) is 15.4. The maximum atomic E-state index is 12.1. The third-order valence-corrected chi connectivity index (χ3v) is 10.8. The van der Waals surface area contributed by atoms with E-state index in [2.05, 4.69) is 55.6 Å². The molecule has 10 heteroatoms. The number of ether oxygens (including phenoxy) is 1. The lowest BCUT2D eigenvalue weighted by Gasteiger charge is -2.15. The molecule has 0 spiro atoms. The molecule has 328 valence electrons. The van der Waals surface area contributed by atoms with E-state index in [0.29, 0.717) is 12.8 Å². The number of nitrogens with one attached hydrogen (secondary N) is 1. The molecule has 0 aliphatic carbocycles. The summed E-state index contributed by atoms with van der Waals surface area (Å²) in [5.74, 6) is -0.541. The zero-order valence-corrected chi connectivity index (χ0v) is 37.0. The second kappa shape index (κ2) is 42.8. The minimum Gasteiger partial charge on any atom is -0.463 e. The van der Waals surface area contributed by atoms with Gasteiger partial charge in [-0.3, -0.25) is 18.6 Å². The maximum Gasteiger partial charge on any atom is 0.472 e. The molecule has 0 bridgehead atoms. The fourth-order valence-electron chi connectivity index (χ4n) is 6.40. The number of hydrogen-bond donors (Lipinski definition) is 3. The number of carbonyl (C=O) groups is 2. The average Bonchev–Trinajstić information content (AvgIpc) is 3.18. The lowest BCUT2D eigenvalue weighted by Crippen LogP contribution is -2.27. The van der Waals surface area contributed by atoms with Crippen molar-refractivity contribution in [1.82, 2.24) is 5.32 Å². The number of unbranched alkanes of at least 4 members (excludes halogenated alkanes) is 24. The minimum absolute atomic E-state index is 0.0804. The predicted molar refractivity (Wildman–Crippen MR) is 234 cm³/mol. The number of phosphoric ester groups is 1. The van der Waals surface area contributed by atoms with Gasteiger partial charge in [0.1, 0.15) is 12.7 Å². The molecule has 0 rings (SSSR count). The molecule has 0 aromatic rings. The summed E-state index contributed by atoms with van der Waals surface area (Å²) in [5.41, 5.74) is 0. The number of hydrogen-bond acceptors (Lipinski definition) is 7. The van der Waals surface area contributed by atoms with E-state index in [0.717, 1.165) is 57.8 Å². The monoisotopic (exact) mass is 812 g/mol. The first kappa shape index (κ1) is 54.2. The standard InChI is InChI=1S/C46H86NO8P/c1-3-5-7-9-11-13-15-17-18-19-20-21-22-23-24-25-27-28-30-32-34-36-38-45(49)47-40-41-54-56(51,52)55-43-44(48)42-53-46(50)39-37-35-33-31-29-26-16-14-12-10-8-6-4-2/h6,8,12,14,26,29,44,48H,3-5,7,9-11,13,15-25,27-28,30-43H2,1-2H3,(H,47,49)(H,51,52)/b8-6-,14-12-,29-26-. The highest BCUT2D eigenvalue weighted by molar-refractivity contribution is 7.47. The summed E-state index contributed by atoms with van der Waals surface area (Å²) in [7, 11) is -4.42. The van der Waals surface area contributed by atoms with Crippen molar-refractivity contribution in [2.45, 2.75) is 219 Å². The molecule has 56 heavy (non-hydrogen) atoms. The fourth-order valence-corrected chi connectivity index (χ4v) is 7.15. The maximum absolute atomic E-state index is 12.1. The molecule has 2 unspecified atom stereocenters. The highest BCUT2D eigenvalue weighted by atomic mass is 31.2. The zero-order chi connectivity index (χ0) is 41.1. The number of allylic oxidation sites excluding steroid dienone is 6. The van der Waals surface area contributed by atoms with Gasteiger partial charge in [0, 0.05) is 19.4 Å². The summed E-state index contributed by atoms with van der Waals surface area (Å²) >= 11 is 0. The predicted octanol–water partition coefficient (Wildman–Crippen LogP) is 12.9. The van der Waals surface area contributed by atoms with Crippen LogP contribution in [-0.4, -0.2) is 54.3 Å². The normalized spacial score (nSPS) is 13.6. The zero-order valence-electron chi connectivity index (χ0n) is 36.1. The topological polar surface area (TPSA) is 131 Å². The van der Waals surface area contributed by atoms with E-state index in [1.807, 2.05) is 0 Å². The summed E-state index contributed by atoms with van der Waals surface area (Å²) < 4.78 is 26.8. The summed E-state index contributed by atoms with van der Waals surface area (Å²) in [6, 6.07) is 0. The number of aliphatic hydroxyl groups is 1. The van der Waals surface area contributed by atoms with Crippen molar-refractivity contribution in [2.75, 3.05) is 26.4 Å². The molecular formula is C46H86NO8P. The van der Waals surface area contributed by atoms with Crippen LogP contribution in [0.1, 0.15) is 213 Å². The van der Waals surface area contributed by atoms with Gasteiger partial charge in [0.05, 0.1) is 13.2 Å². The lowest BCUT2D eigenvalue weighted by atomic mass is 10.0. The Morgan fingerprint density at radius 1 is 0.571 bits per heavy atom. The van der Waals surface area contributed by atoms with Crippen LogP contribution in [0.3, 0.4) is 0 Å². The number of esters is 1. The van der Waals surface area contributed by atoms with Crippen molar-refractivity contribution in [2.24, 2.45) is 0 Å². The van der Waals surface area contributed by atoms with E-state index in [1.54, 1.807) is 0 Å². The van der Waals surface area contributed by atoms with E-state index in [1.165, 1.54) is 122 Å². The minimum atomic E-state index is -4.42. The van der Waals surface area contributed by atoms with Crippen molar-refractivity contribution < 1.29 is 37.9 Å². The molecule has 3 N–H and O–H groups in total. The van der Waals surface area contributed by atoms with Crippen LogP contribution in [0.25, 0.3) is 0 Å². The van der Waals surface area contributed by atoms with E-state index < -0.39 is 26.5 Å². The number of carbonyl (C=O) groups excluding carboxylic acids is 2. The average molecular weight is 812 g/mol. The largest absolute Gasteiger partial charge is 0.472 e. The fraction of sp³-hybridized carbons (Fsp3) is 0.826. The van der Waals surface area contributed by atoms with Gasteiger partial charge in [-0.2, -0.15) is 0 Å². The first-order chi connectivity index (χ1) is 27.3. The molecule has 0 saturated heterocycles. The van der Waals surface area contributed by atoms with Crippen molar-refractivity contribution in [3.05, 3.63) is 36.5 Å². The van der Waals surface area contributed by atoms with Gasteiger partial charge in [-0.1, -0.05) is 192 Å². The molecule has 0 aliphatic heterocycles. The number of phosphoric acid groups is 1. The Hall–Kier alpha value is -1.77. The van der Waals surface area contributed by atoms with E-state index in [4.69, 9.17) is 13.8 Å². The summed E-state index contributed by atoms with van der Waals surface area (Å²) in [6.07, 6.45) is 48.1. The molecule has 0 radical (unpaired) electrons. The molecule has 0 aromatic carbocycles. The third-order valence-electron chi connectivity index (χ3n) is 9.83. The molecule has 1 amide bonds. The smallest absolute Gasteiger partial charge is 0.463 e. The molecule has 9 nitrogen and oxygen atoms in total. The third kappa shape index (κ3) is 43.4. The molecule has 0 aliphatic rings. The van der Waals surface area contributed by atoms with Gasteiger partial charge in [0.15, 0.2) is 0 Å². The number of amides is 1. The van der Waals surface area contributed by atoms with Gasteiger partial charge in [0.25, 0.3) is 0 Å². The van der Waals surface area contributed by atoms with Gasteiger partial charge < -0.3 is 20.1 Å². The van der Waals surface area contributed by atoms with Crippen molar-refractivity contribution in [3.8, 4) is 0 Å². The van der Waals surface area contributed by atoms with Crippen LogP contribution in [0.5, 0.6) is 0 Å². The highest BCUT2D eigenvalue weighted by Crippen LogP contribution is 2.42. The molecule has 2 atom stereocenters. The van der Waals surface area contributed by atoms with Gasteiger partial charge in [-0.05, 0) is 44.9 Å². The Labute approximate surface area is 343 Å². The highest BCUT2D eigenvalue weighted by Gasteiger charge is 2.23. The SMILES string of the molecule is CC/C=C\C/C=C\C/C=C\CCCCCC(=O)OCC(O)COP(=O)(O)OCCNC(=O)CCCCCCCCCCCCCCCCCCCCCCCC. The van der Waals surface area contributed by atoms with Crippen LogP contribution in [0.15, 0.2) is 36.5 Å². The summed E-state index contributed by atoms with van der Waals surface area (Å²) in [4.78, 5) is 33.9. The molecular weight excluding hydrogens is 725 g/mol. The molecule has 0 saturated carbocycles. The molecule has 0 fully saturated rings. The van der Waals surface area contributed by atoms with Crippen LogP contribution in [0, 0.1) is 0 Å². The van der Waals surface area contributed by atoms with Crippen molar-refractivity contribution in [3.63, 3.8) is 0 Å². The Bertz CT molecular complexity index is 1020. The molecule has 0 heterocycles. The Kier molecular flexibility index (Phi) is 41.5. The van der Waals surface area contributed by atoms with E-state index in [9.17, 15) is 24.2 Å². The molecule has 0 aromatic heterocycles. The second-order valence-corrected chi connectivity index (χ2v) is 16.8. The quantitative estimate of drug-likeness (QED) is 0.0240. The van der Waals surface area contributed by atoms with Crippen LogP contribution in [0.4, 0.5) is 0 Å². The van der Waals surface area contributed by atoms with Crippen LogP contribution >= 0.6 is 7.82 Å². The summed E-state index contributed by atoms with van der Waals surface area (Å²) in [5, 5.41) is 12.7. The van der Waals surface area contributed by atoms with E-state index in [-0.39, 0.29) is 32.1 Å². The van der Waals surface area contributed by atoms with Crippen molar-refractivity contribution >= 4 is 19.7 Å². The first-order valence-electron chi connectivity index (χ1n) is 23.0. The van der Waals surface area contributed by atoms with Crippen molar-refractivity contribution in [1.29, 1.82) is 0 Å². The number of rotatable bonds is 43. The number of aliphatic hydroxyl groups excluding tert-OH is 1. The van der Waals surface area contributed by atoms with Crippen LogP contribution in [0.2, 0.25) is 0 Å². The Balaban J connectivity index is 3.55. The van der Waals surface area contributed by atoms with Crippen LogP contribution < -0.4 is 5.32 Å². The lowest BCUT2D eigenvalue weighted by molar-refractivity contribution is -0.147. The van der Waals surface area contributed by atoms with Gasteiger partial charge in [-0.15, -0.1) is 0 Å². The van der Waals surface area contributed by atoms with E-state index >= 15 is 0 Å². The van der Waals surface area contributed by atoms with Gasteiger partial charge >= 0.3 is 13.8 Å². The Morgan fingerprint density at radius 2 is 1.02 bits per heavy atom.